The number of nitrogens with one attached hydrogen (secondary N) is 2. The van der Waals surface area contributed by atoms with Crippen LogP contribution in [-0.2, 0) is 0 Å². The summed E-state index contributed by atoms with van der Waals surface area (Å²) in [6, 6.07) is 0. The van der Waals surface area contributed by atoms with Gasteiger partial charge in [0.15, 0.2) is 0 Å². The van der Waals surface area contributed by atoms with Crippen molar-refractivity contribution in [1.82, 2.24) is 5.32 Å². The molecule has 0 fully saturated rings. The van der Waals surface area contributed by atoms with Crippen LogP contribution in [0.5, 0.6) is 0 Å². The van der Waals surface area contributed by atoms with Gasteiger partial charge in [-0.3, -0.25) is 0 Å². The summed E-state index contributed by atoms with van der Waals surface area (Å²) in [5.74, 6) is 0.772. The molecule has 0 aliphatic rings. The van der Waals surface area contributed by atoms with Crippen molar-refractivity contribution in [2.75, 3.05) is 6.54 Å². The van der Waals surface area contributed by atoms with Gasteiger partial charge in [-0.05, 0) is 43.9 Å². The third-order valence-corrected chi connectivity index (χ3v) is 4.24. The summed E-state index contributed by atoms with van der Waals surface area (Å²) in [7, 11) is 0. The SMILES string of the molecule is C=CC(C)(CC(F)CC)C(=N)/C=C\NCCCC(C)CC. The summed E-state index contributed by atoms with van der Waals surface area (Å²) in [4.78, 5) is 0. The topological polar surface area (TPSA) is 35.9 Å². The molecule has 0 bridgehead atoms. The van der Waals surface area contributed by atoms with E-state index in [9.17, 15) is 4.39 Å². The molecule has 0 aliphatic carbocycles. The van der Waals surface area contributed by atoms with E-state index in [2.05, 4.69) is 25.7 Å². The maximum absolute atomic E-state index is 13.6. The summed E-state index contributed by atoms with van der Waals surface area (Å²) in [6.45, 7) is 12.9. The van der Waals surface area contributed by atoms with Crippen molar-refractivity contribution in [2.24, 2.45) is 11.3 Å². The first-order chi connectivity index (χ1) is 9.89. The second kappa shape index (κ2) is 10.6. The number of rotatable bonds is 12. The Morgan fingerprint density at radius 2 is 2.05 bits per heavy atom. The Morgan fingerprint density at radius 3 is 2.57 bits per heavy atom. The molecule has 0 rings (SSSR count). The van der Waals surface area contributed by atoms with E-state index in [1.165, 1.54) is 12.8 Å². The first kappa shape index (κ1) is 19.9. The van der Waals surface area contributed by atoms with Crippen molar-refractivity contribution in [3.63, 3.8) is 0 Å². The molecular formula is C18H33FN2. The van der Waals surface area contributed by atoms with Gasteiger partial charge in [0, 0.05) is 17.7 Å². The van der Waals surface area contributed by atoms with Crippen molar-refractivity contribution < 1.29 is 4.39 Å². The van der Waals surface area contributed by atoms with Crippen molar-refractivity contribution >= 4 is 5.71 Å². The van der Waals surface area contributed by atoms with E-state index in [1.807, 2.05) is 13.8 Å². The second-order valence-corrected chi connectivity index (χ2v) is 6.19. The summed E-state index contributed by atoms with van der Waals surface area (Å²) >= 11 is 0. The molecule has 0 saturated carbocycles. The molecule has 0 aromatic carbocycles. The largest absolute Gasteiger partial charge is 0.391 e. The van der Waals surface area contributed by atoms with Crippen molar-refractivity contribution in [3.05, 3.63) is 24.9 Å². The highest BCUT2D eigenvalue weighted by Crippen LogP contribution is 2.29. The van der Waals surface area contributed by atoms with E-state index in [4.69, 9.17) is 5.41 Å². The van der Waals surface area contributed by atoms with Crippen molar-refractivity contribution in [1.29, 1.82) is 5.41 Å². The van der Waals surface area contributed by atoms with Crippen LogP contribution in [-0.4, -0.2) is 18.4 Å². The molecule has 0 saturated heterocycles. The predicted molar refractivity (Wildman–Crippen MR) is 91.7 cm³/mol. The fourth-order valence-corrected chi connectivity index (χ4v) is 2.08. The molecule has 0 heterocycles. The van der Waals surface area contributed by atoms with Crippen LogP contribution in [0.4, 0.5) is 4.39 Å². The fraction of sp³-hybridized carbons (Fsp3) is 0.722. The highest BCUT2D eigenvalue weighted by Gasteiger charge is 2.27. The van der Waals surface area contributed by atoms with Gasteiger partial charge in [-0.15, -0.1) is 6.58 Å². The van der Waals surface area contributed by atoms with Crippen molar-refractivity contribution in [2.45, 2.75) is 66.0 Å². The quantitative estimate of drug-likeness (QED) is 0.287. The molecule has 3 heteroatoms. The molecule has 3 atom stereocenters. The molecule has 0 amide bonds. The third kappa shape index (κ3) is 8.03. The summed E-state index contributed by atoms with van der Waals surface area (Å²) in [5, 5.41) is 11.3. The highest BCUT2D eigenvalue weighted by atomic mass is 19.1. The smallest absolute Gasteiger partial charge is 0.101 e. The van der Waals surface area contributed by atoms with E-state index < -0.39 is 11.6 Å². The van der Waals surface area contributed by atoms with Crippen LogP contribution in [0.15, 0.2) is 24.9 Å². The Hall–Kier alpha value is -1.12. The molecule has 3 unspecified atom stereocenters. The zero-order valence-corrected chi connectivity index (χ0v) is 14.2. The minimum Gasteiger partial charge on any atom is -0.391 e. The Labute approximate surface area is 130 Å². The standard InChI is InChI=1S/C18H33FN2/c1-6-15(4)10-9-12-21-13-11-17(20)18(5,8-3)14-16(19)7-2/h8,11,13,15-16,20-21H,3,6-7,9-10,12,14H2,1-2,4-5H3/b13-11-,20-17?. The van der Waals surface area contributed by atoms with Crippen LogP contribution in [0.1, 0.15) is 59.8 Å². The van der Waals surface area contributed by atoms with Crippen LogP contribution < -0.4 is 5.32 Å². The lowest BCUT2D eigenvalue weighted by atomic mass is 9.79. The minimum absolute atomic E-state index is 0.324. The lowest BCUT2D eigenvalue weighted by molar-refractivity contribution is 0.264. The Morgan fingerprint density at radius 1 is 1.38 bits per heavy atom. The number of hydrogen-bond acceptors (Lipinski definition) is 2. The van der Waals surface area contributed by atoms with Gasteiger partial charge in [0.2, 0.25) is 0 Å². The van der Waals surface area contributed by atoms with Crippen LogP contribution in [0, 0.1) is 16.7 Å². The third-order valence-electron chi connectivity index (χ3n) is 4.24. The summed E-state index contributed by atoms with van der Waals surface area (Å²) in [6.07, 6.45) is 8.72. The van der Waals surface area contributed by atoms with Crippen LogP contribution >= 0.6 is 0 Å². The van der Waals surface area contributed by atoms with Gasteiger partial charge >= 0.3 is 0 Å². The van der Waals surface area contributed by atoms with Crippen LogP contribution in [0.3, 0.4) is 0 Å². The first-order valence-electron chi connectivity index (χ1n) is 8.16. The van der Waals surface area contributed by atoms with E-state index in [0.717, 1.165) is 18.9 Å². The van der Waals surface area contributed by atoms with Gasteiger partial charge in [0.25, 0.3) is 0 Å². The Balaban J connectivity index is 4.19. The van der Waals surface area contributed by atoms with Gasteiger partial charge in [-0.25, -0.2) is 4.39 Å². The second-order valence-electron chi connectivity index (χ2n) is 6.19. The molecule has 0 aromatic heterocycles. The average Bonchev–Trinajstić information content (AvgIpc) is 2.49. The number of hydrogen-bond donors (Lipinski definition) is 2. The van der Waals surface area contributed by atoms with Gasteiger partial charge in [-0.2, -0.15) is 0 Å². The normalized spacial score (nSPS) is 17.2. The van der Waals surface area contributed by atoms with Crippen LogP contribution in [0.25, 0.3) is 0 Å². The molecule has 2 nitrogen and oxygen atoms in total. The van der Waals surface area contributed by atoms with Crippen LogP contribution in [0.2, 0.25) is 0 Å². The number of allylic oxidation sites excluding steroid dienone is 2. The Bertz CT molecular complexity index is 338. The fourth-order valence-electron chi connectivity index (χ4n) is 2.08. The molecule has 21 heavy (non-hydrogen) atoms. The molecule has 2 N–H and O–H groups in total. The first-order valence-corrected chi connectivity index (χ1v) is 8.16. The summed E-state index contributed by atoms with van der Waals surface area (Å²) < 4.78 is 13.6. The van der Waals surface area contributed by atoms with E-state index in [-0.39, 0.29) is 0 Å². The maximum Gasteiger partial charge on any atom is 0.101 e. The number of halogens is 1. The predicted octanol–water partition coefficient (Wildman–Crippen LogP) is 5.27. The molecule has 0 aromatic rings. The van der Waals surface area contributed by atoms with Gasteiger partial charge in [0.05, 0.1) is 0 Å². The highest BCUT2D eigenvalue weighted by molar-refractivity contribution is 5.98. The molecule has 0 radical (unpaired) electrons. The molecule has 0 aliphatic heterocycles. The number of alkyl halides is 1. The lowest BCUT2D eigenvalue weighted by Gasteiger charge is -2.26. The minimum atomic E-state index is -0.884. The zero-order chi connectivity index (χ0) is 16.3. The van der Waals surface area contributed by atoms with E-state index in [0.29, 0.717) is 18.6 Å². The monoisotopic (exact) mass is 296 g/mol. The average molecular weight is 296 g/mol. The molecule has 122 valence electrons. The van der Waals surface area contributed by atoms with Gasteiger partial charge in [-0.1, -0.05) is 40.2 Å². The Kier molecular flexibility index (Phi) is 10.0. The molecule has 0 spiro atoms. The zero-order valence-electron chi connectivity index (χ0n) is 14.2. The molecular weight excluding hydrogens is 263 g/mol. The summed E-state index contributed by atoms with van der Waals surface area (Å²) in [5.41, 5.74) is -0.187. The maximum atomic E-state index is 13.6. The van der Waals surface area contributed by atoms with E-state index in [1.54, 1.807) is 18.4 Å². The van der Waals surface area contributed by atoms with E-state index >= 15 is 0 Å². The van der Waals surface area contributed by atoms with Gasteiger partial charge in [0.1, 0.15) is 6.17 Å². The van der Waals surface area contributed by atoms with Crippen molar-refractivity contribution in [3.8, 4) is 0 Å². The van der Waals surface area contributed by atoms with Gasteiger partial charge < -0.3 is 10.7 Å². The lowest BCUT2D eigenvalue weighted by Crippen LogP contribution is -2.27.